The van der Waals surface area contributed by atoms with Crippen molar-refractivity contribution >= 4 is 21.6 Å². The van der Waals surface area contributed by atoms with E-state index in [0.717, 1.165) is 0 Å². The van der Waals surface area contributed by atoms with E-state index in [1.807, 2.05) is 0 Å². The predicted octanol–water partition coefficient (Wildman–Crippen LogP) is 3.01. The minimum atomic E-state index is -3.77. The average Bonchev–Trinajstić information content (AvgIpc) is 3.28. The van der Waals surface area contributed by atoms with Crippen LogP contribution in [0, 0.1) is 5.82 Å². The van der Waals surface area contributed by atoms with E-state index in [9.17, 15) is 17.9 Å². The van der Waals surface area contributed by atoms with Crippen molar-refractivity contribution in [2.45, 2.75) is 49.0 Å². The van der Waals surface area contributed by atoms with Gasteiger partial charge >= 0.3 is 0 Å². The first-order valence-corrected chi connectivity index (χ1v) is 12.4. The second kappa shape index (κ2) is 10.3. The van der Waals surface area contributed by atoms with Gasteiger partial charge in [0.15, 0.2) is 0 Å². The topological polar surface area (TPSA) is 106 Å². The Bertz CT molecular complexity index is 1190. The standard InChI is InChI=1S/C22H24ClFN4O4S/c23-16-4-7-19(8-5-16)33(30,31)26-20-9-6-18(32-22(20)14-29)10-11-28-13-21(25-27-28)15-2-1-3-17(24)12-15/h1-5,7-8,12-13,18,20,22,26,29H,6,9-11,14H2/t18-,20+,22+/m1/s1. The number of rotatable bonds is 8. The number of aromatic nitrogens is 3. The molecule has 3 atom stereocenters. The average molecular weight is 495 g/mol. The summed E-state index contributed by atoms with van der Waals surface area (Å²) in [5.74, 6) is -0.339. The van der Waals surface area contributed by atoms with Crippen LogP contribution in [0.1, 0.15) is 19.3 Å². The smallest absolute Gasteiger partial charge is 0.240 e. The van der Waals surface area contributed by atoms with Crippen LogP contribution in [0.3, 0.4) is 0 Å². The molecule has 0 unspecified atom stereocenters. The van der Waals surface area contributed by atoms with Crippen LogP contribution in [0.15, 0.2) is 59.6 Å². The van der Waals surface area contributed by atoms with Crippen molar-refractivity contribution in [1.29, 1.82) is 0 Å². The van der Waals surface area contributed by atoms with Crippen molar-refractivity contribution in [3.8, 4) is 11.3 Å². The summed E-state index contributed by atoms with van der Waals surface area (Å²) in [6.45, 7) is 0.212. The molecule has 0 saturated carbocycles. The van der Waals surface area contributed by atoms with Crippen molar-refractivity contribution in [3.05, 3.63) is 65.6 Å². The summed E-state index contributed by atoms with van der Waals surface area (Å²) in [6, 6.07) is 11.5. The zero-order chi connectivity index (χ0) is 23.4. The Morgan fingerprint density at radius 3 is 2.73 bits per heavy atom. The van der Waals surface area contributed by atoms with E-state index < -0.39 is 22.2 Å². The van der Waals surface area contributed by atoms with Gasteiger partial charge in [-0.15, -0.1) is 5.10 Å². The molecule has 1 saturated heterocycles. The summed E-state index contributed by atoms with van der Waals surface area (Å²) < 4.78 is 49.0. The Morgan fingerprint density at radius 1 is 1.21 bits per heavy atom. The SMILES string of the molecule is O=S(=O)(N[C@H]1CC[C@H](CCn2cc(-c3cccc(F)c3)nn2)O[C@H]1CO)c1ccc(Cl)cc1. The van der Waals surface area contributed by atoms with E-state index in [1.54, 1.807) is 23.0 Å². The lowest BCUT2D eigenvalue weighted by Crippen LogP contribution is -2.50. The van der Waals surface area contributed by atoms with E-state index in [1.165, 1.54) is 36.4 Å². The number of ether oxygens (including phenoxy) is 1. The highest BCUT2D eigenvalue weighted by Crippen LogP contribution is 2.25. The fraction of sp³-hybridized carbons (Fsp3) is 0.364. The van der Waals surface area contributed by atoms with Crippen LogP contribution < -0.4 is 4.72 Å². The zero-order valence-corrected chi connectivity index (χ0v) is 19.2. The molecule has 2 aromatic carbocycles. The molecule has 0 amide bonds. The fourth-order valence-corrected chi connectivity index (χ4v) is 5.25. The van der Waals surface area contributed by atoms with Gasteiger partial charge in [-0.1, -0.05) is 28.9 Å². The van der Waals surface area contributed by atoms with Gasteiger partial charge in [-0.2, -0.15) is 0 Å². The lowest BCUT2D eigenvalue weighted by Gasteiger charge is -2.36. The normalized spacial score (nSPS) is 21.2. The molecular weight excluding hydrogens is 471 g/mol. The number of nitrogens with one attached hydrogen (secondary N) is 1. The number of aliphatic hydroxyl groups is 1. The molecule has 11 heteroatoms. The number of aliphatic hydroxyl groups excluding tert-OH is 1. The highest BCUT2D eigenvalue weighted by atomic mass is 35.5. The van der Waals surface area contributed by atoms with Crippen molar-refractivity contribution < 1.29 is 22.7 Å². The van der Waals surface area contributed by atoms with Crippen molar-refractivity contribution in [2.75, 3.05) is 6.61 Å². The van der Waals surface area contributed by atoms with Gasteiger partial charge in [0.05, 0.1) is 35.9 Å². The molecule has 0 radical (unpaired) electrons. The van der Waals surface area contributed by atoms with Crippen molar-refractivity contribution in [1.82, 2.24) is 19.7 Å². The summed E-state index contributed by atoms with van der Waals surface area (Å²) >= 11 is 5.83. The second-order valence-electron chi connectivity index (χ2n) is 7.90. The number of nitrogens with zero attached hydrogens (tertiary/aromatic N) is 3. The number of hydrogen-bond donors (Lipinski definition) is 2. The molecule has 3 aromatic rings. The first kappa shape index (κ1) is 23.8. The molecule has 176 valence electrons. The monoisotopic (exact) mass is 494 g/mol. The molecule has 1 aromatic heterocycles. The van der Waals surface area contributed by atoms with E-state index in [0.29, 0.717) is 42.1 Å². The molecule has 2 heterocycles. The Hall–Kier alpha value is -2.37. The summed E-state index contributed by atoms with van der Waals surface area (Å²) in [7, 11) is -3.77. The van der Waals surface area contributed by atoms with Gasteiger partial charge in [0.25, 0.3) is 0 Å². The van der Waals surface area contributed by atoms with Gasteiger partial charge in [-0.3, -0.25) is 4.68 Å². The molecule has 1 aliphatic heterocycles. The van der Waals surface area contributed by atoms with Gasteiger partial charge in [-0.05, 0) is 55.7 Å². The van der Waals surface area contributed by atoms with Crippen LogP contribution >= 0.6 is 11.6 Å². The van der Waals surface area contributed by atoms with Gasteiger partial charge < -0.3 is 9.84 Å². The maximum Gasteiger partial charge on any atom is 0.240 e. The Balaban J connectivity index is 1.33. The highest BCUT2D eigenvalue weighted by molar-refractivity contribution is 7.89. The number of sulfonamides is 1. The van der Waals surface area contributed by atoms with Crippen LogP contribution in [0.4, 0.5) is 4.39 Å². The van der Waals surface area contributed by atoms with E-state index in [4.69, 9.17) is 16.3 Å². The predicted molar refractivity (Wildman–Crippen MR) is 121 cm³/mol. The van der Waals surface area contributed by atoms with E-state index >= 15 is 0 Å². The molecule has 4 rings (SSSR count). The van der Waals surface area contributed by atoms with Crippen LogP contribution in [-0.4, -0.2) is 53.4 Å². The number of benzene rings is 2. The third-order valence-electron chi connectivity index (χ3n) is 5.57. The van der Waals surface area contributed by atoms with Crippen LogP contribution in [0.25, 0.3) is 11.3 Å². The summed E-state index contributed by atoms with van der Waals surface area (Å²) in [6.07, 6.45) is 2.66. The van der Waals surface area contributed by atoms with Crippen molar-refractivity contribution in [2.24, 2.45) is 0 Å². The number of halogens is 2. The van der Waals surface area contributed by atoms with Crippen LogP contribution in [-0.2, 0) is 21.3 Å². The number of hydrogen-bond acceptors (Lipinski definition) is 6. The number of aryl methyl sites for hydroxylation is 1. The summed E-state index contributed by atoms with van der Waals surface area (Å²) in [5.41, 5.74) is 1.22. The third kappa shape index (κ3) is 5.96. The van der Waals surface area contributed by atoms with Gasteiger partial charge in [0.2, 0.25) is 10.0 Å². The summed E-state index contributed by atoms with van der Waals surface area (Å²) in [4.78, 5) is 0.103. The Morgan fingerprint density at radius 2 is 2.00 bits per heavy atom. The molecule has 0 bridgehead atoms. The molecule has 0 aliphatic carbocycles. The minimum absolute atomic E-state index is 0.103. The largest absolute Gasteiger partial charge is 0.394 e. The van der Waals surface area contributed by atoms with Crippen molar-refractivity contribution in [3.63, 3.8) is 0 Å². The van der Waals surface area contributed by atoms with Gasteiger partial charge in [-0.25, -0.2) is 17.5 Å². The molecule has 2 N–H and O–H groups in total. The maximum absolute atomic E-state index is 13.4. The lowest BCUT2D eigenvalue weighted by molar-refractivity contribution is -0.0891. The van der Waals surface area contributed by atoms with Gasteiger partial charge in [0, 0.05) is 17.1 Å². The Labute approximate surface area is 196 Å². The van der Waals surface area contributed by atoms with Gasteiger partial charge in [0.1, 0.15) is 11.5 Å². The second-order valence-corrected chi connectivity index (χ2v) is 10.1. The molecule has 1 fully saturated rings. The first-order valence-electron chi connectivity index (χ1n) is 10.5. The van der Waals surface area contributed by atoms with E-state index in [-0.39, 0.29) is 23.4 Å². The minimum Gasteiger partial charge on any atom is -0.394 e. The van der Waals surface area contributed by atoms with Crippen LogP contribution in [0.5, 0.6) is 0 Å². The molecule has 0 spiro atoms. The first-order chi connectivity index (χ1) is 15.8. The molecular formula is C22H24ClFN4O4S. The zero-order valence-electron chi connectivity index (χ0n) is 17.6. The molecule has 1 aliphatic rings. The molecule has 33 heavy (non-hydrogen) atoms. The highest BCUT2D eigenvalue weighted by Gasteiger charge is 2.34. The maximum atomic E-state index is 13.4. The Kier molecular flexibility index (Phi) is 7.40. The molecule has 8 nitrogen and oxygen atoms in total. The lowest BCUT2D eigenvalue weighted by atomic mass is 9.98. The fourth-order valence-electron chi connectivity index (χ4n) is 3.82. The quantitative estimate of drug-likeness (QED) is 0.498. The summed E-state index contributed by atoms with van der Waals surface area (Å²) in [5, 5.41) is 18.4. The third-order valence-corrected chi connectivity index (χ3v) is 7.32. The van der Waals surface area contributed by atoms with E-state index in [2.05, 4.69) is 15.0 Å². The van der Waals surface area contributed by atoms with Crippen LogP contribution in [0.2, 0.25) is 5.02 Å².